The number of aromatic nitrogens is 2. The van der Waals surface area contributed by atoms with E-state index in [4.69, 9.17) is 20.5 Å². The summed E-state index contributed by atoms with van der Waals surface area (Å²) in [6.07, 6.45) is 4.48. The number of carbonyl (C=O) groups excluding carboxylic acids is 1. The second kappa shape index (κ2) is 7.33. The highest BCUT2D eigenvalue weighted by molar-refractivity contribution is 6.30. The first-order chi connectivity index (χ1) is 12.7. The topological polar surface area (TPSA) is 72.4 Å². The Bertz CT molecular complexity index is 870. The molecule has 1 saturated carbocycles. The van der Waals surface area contributed by atoms with Crippen LogP contribution in [-0.4, -0.2) is 27.0 Å². The minimum Gasteiger partial charge on any atom is -0.467 e. The van der Waals surface area contributed by atoms with E-state index in [9.17, 15) is 4.79 Å². The number of carbonyl (C=O) groups is 1. The van der Waals surface area contributed by atoms with Crippen LogP contribution in [0.4, 0.5) is 0 Å². The molecule has 2 heterocycles. The highest BCUT2D eigenvalue weighted by atomic mass is 35.5. The molecule has 0 aliphatic heterocycles. The Balaban J connectivity index is 1.37. The summed E-state index contributed by atoms with van der Waals surface area (Å²) >= 11 is 5.89. The summed E-state index contributed by atoms with van der Waals surface area (Å²) in [7, 11) is 0. The first kappa shape index (κ1) is 16.8. The zero-order valence-corrected chi connectivity index (χ0v) is 14.9. The van der Waals surface area contributed by atoms with Gasteiger partial charge in [0.2, 0.25) is 17.6 Å². The van der Waals surface area contributed by atoms with Crippen molar-refractivity contribution in [3.05, 3.63) is 59.3 Å². The van der Waals surface area contributed by atoms with Crippen molar-refractivity contribution in [1.82, 2.24) is 15.0 Å². The number of hydrogen-bond acceptors (Lipinski definition) is 5. The third-order valence-electron chi connectivity index (χ3n) is 4.34. The first-order valence-corrected chi connectivity index (χ1v) is 8.97. The van der Waals surface area contributed by atoms with Gasteiger partial charge in [-0.2, -0.15) is 4.98 Å². The summed E-state index contributed by atoms with van der Waals surface area (Å²) in [5, 5.41) is 4.63. The van der Waals surface area contributed by atoms with Gasteiger partial charge < -0.3 is 13.8 Å². The summed E-state index contributed by atoms with van der Waals surface area (Å²) in [5.74, 6) is 1.83. The highest BCUT2D eigenvalue weighted by Crippen LogP contribution is 2.29. The molecule has 1 aliphatic rings. The van der Waals surface area contributed by atoms with Crippen LogP contribution >= 0.6 is 11.6 Å². The molecule has 1 aromatic carbocycles. The third-order valence-corrected chi connectivity index (χ3v) is 4.59. The number of hydrogen-bond donors (Lipinski definition) is 0. The molecule has 7 heteroatoms. The number of furan rings is 1. The first-order valence-electron chi connectivity index (χ1n) is 8.59. The van der Waals surface area contributed by atoms with Crippen molar-refractivity contribution in [2.75, 3.05) is 0 Å². The Hall–Kier alpha value is -2.60. The van der Waals surface area contributed by atoms with E-state index < -0.39 is 0 Å². The van der Waals surface area contributed by atoms with E-state index in [-0.39, 0.29) is 5.91 Å². The molecule has 3 aromatic rings. The molecule has 0 spiro atoms. The molecule has 26 heavy (non-hydrogen) atoms. The predicted octanol–water partition coefficient (Wildman–Crippen LogP) is 4.11. The van der Waals surface area contributed by atoms with Crippen molar-refractivity contribution in [3.8, 4) is 11.4 Å². The van der Waals surface area contributed by atoms with Gasteiger partial charge in [-0.05, 0) is 49.2 Å². The molecule has 0 bridgehead atoms. The van der Waals surface area contributed by atoms with Crippen molar-refractivity contribution in [1.29, 1.82) is 0 Å². The molecule has 1 fully saturated rings. The molecule has 0 atom stereocenters. The Morgan fingerprint density at radius 2 is 2.04 bits per heavy atom. The molecule has 0 saturated heterocycles. The van der Waals surface area contributed by atoms with Gasteiger partial charge in [-0.1, -0.05) is 16.8 Å². The molecule has 0 radical (unpaired) electrons. The van der Waals surface area contributed by atoms with E-state index in [1.54, 1.807) is 18.4 Å². The Kier molecular flexibility index (Phi) is 4.75. The number of benzene rings is 1. The van der Waals surface area contributed by atoms with Crippen LogP contribution in [0.3, 0.4) is 0 Å². The smallest absolute Gasteiger partial charge is 0.227 e. The molecule has 0 unspecified atom stereocenters. The van der Waals surface area contributed by atoms with Crippen LogP contribution in [0.15, 0.2) is 51.6 Å². The van der Waals surface area contributed by atoms with E-state index in [2.05, 4.69) is 10.1 Å². The minimum atomic E-state index is 0.0788. The van der Waals surface area contributed by atoms with Crippen molar-refractivity contribution < 1.29 is 13.7 Å². The van der Waals surface area contributed by atoms with E-state index in [1.807, 2.05) is 29.2 Å². The van der Waals surface area contributed by atoms with Crippen LogP contribution in [-0.2, 0) is 17.8 Å². The Labute approximate surface area is 155 Å². The lowest BCUT2D eigenvalue weighted by Crippen LogP contribution is -2.32. The molecule has 2 aromatic heterocycles. The van der Waals surface area contributed by atoms with Crippen LogP contribution in [0.1, 0.15) is 30.9 Å². The van der Waals surface area contributed by atoms with Gasteiger partial charge in [0, 0.05) is 29.5 Å². The number of rotatable bonds is 7. The van der Waals surface area contributed by atoms with Crippen molar-refractivity contribution in [2.45, 2.75) is 38.3 Å². The van der Waals surface area contributed by atoms with E-state index >= 15 is 0 Å². The van der Waals surface area contributed by atoms with Crippen LogP contribution in [0.25, 0.3) is 11.4 Å². The molecule has 0 N–H and O–H groups in total. The molecule has 4 rings (SSSR count). The zero-order valence-electron chi connectivity index (χ0n) is 14.1. The fourth-order valence-corrected chi connectivity index (χ4v) is 2.93. The Morgan fingerprint density at radius 3 is 2.73 bits per heavy atom. The summed E-state index contributed by atoms with van der Waals surface area (Å²) < 4.78 is 10.6. The summed E-state index contributed by atoms with van der Waals surface area (Å²) in [6, 6.07) is 11.3. The van der Waals surface area contributed by atoms with Gasteiger partial charge in [0.05, 0.1) is 12.8 Å². The maximum atomic E-state index is 12.6. The number of halogens is 1. The molecule has 134 valence electrons. The fraction of sp³-hybridized carbons (Fsp3) is 0.316. The quantitative estimate of drug-likeness (QED) is 0.625. The summed E-state index contributed by atoms with van der Waals surface area (Å²) in [5.41, 5.74) is 0.827. The van der Waals surface area contributed by atoms with Gasteiger partial charge in [-0.3, -0.25) is 4.79 Å². The predicted molar refractivity (Wildman–Crippen MR) is 95.3 cm³/mol. The second-order valence-corrected chi connectivity index (χ2v) is 6.79. The molecule has 1 amide bonds. The second-order valence-electron chi connectivity index (χ2n) is 6.35. The molecule has 1 aliphatic carbocycles. The lowest BCUT2D eigenvalue weighted by molar-refractivity contribution is -0.132. The molecule has 6 nitrogen and oxygen atoms in total. The molecular formula is C19H18ClN3O3. The third kappa shape index (κ3) is 3.96. The minimum absolute atomic E-state index is 0.0788. The Morgan fingerprint density at radius 1 is 1.23 bits per heavy atom. The average molecular weight is 372 g/mol. The van der Waals surface area contributed by atoms with Crippen LogP contribution in [0, 0.1) is 0 Å². The fourth-order valence-electron chi connectivity index (χ4n) is 2.81. The lowest BCUT2D eigenvalue weighted by atomic mass is 10.2. The van der Waals surface area contributed by atoms with Gasteiger partial charge in [-0.25, -0.2) is 0 Å². The maximum absolute atomic E-state index is 12.6. The molecular weight excluding hydrogens is 354 g/mol. The summed E-state index contributed by atoms with van der Waals surface area (Å²) in [4.78, 5) is 18.9. The van der Waals surface area contributed by atoms with Crippen molar-refractivity contribution in [3.63, 3.8) is 0 Å². The van der Waals surface area contributed by atoms with Crippen LogP contribution in [0.2, 0.25) is 5.02 Å². The normalized spacial score (nSPS) is 13.7. The average Bonchev–Trinajstić information content (AvgIpc) is 3.16. The highest BCUT2D eigenvalue weighted by Gasteiger charge is 2.33. The van der Waals surface area contributed by atoms with Gasteiger partial charge in [0.25, 0.3) is 0 Å². The maximum Gasteiger partial charge on any atom is 0.227 e. The standard InChI is InChI=1S/C19H18ClN3O3/c20-14-5-3-13(4-6-14)19-21-17(26-22-19)9-10-18(24)23(15-7-8-15)12-16-2-1-11-25-16/h1-6,11,15H,7-10,12H2. The lowest BCUT2D eigenvalue weighted by Gasteiger charge is -2.20. The zero-order chi connectivity index (χ0) is 17.9. The number of nitrogens with zero attached hydrogens (tertiary/aromatic N) is 3. The largest absolute Gasteiger partial charge is 0.467 e. The van der Waals surface area contributed by atoms with Gasteiger partial charge in [0.1, 0.15) is 5.76 Å². The number of aryl methyl sites for hydroxylation is 1. The van der Waals surface area contributed by atoms with E-state index in [0.717, 1.165) is 24.2 Å². The van der Waals surface area contributed by atoms with Crippen molar-refractivity contribution >= 4 is 17.5 Å². The van der Waals surface area contributed by atoms with Gasteiger partial charge >= 0.3 is 0 Å². The summed E-state index contributed by atoms with van der Waals surface area (Å²) in [6.45, 7) is 0.510. The number of amides is 1. The van der Waals surface area contributed by atoms with Gasteiger partial charge in [0.15, 0.2) is 0 Å². The van der Waals surface area contributed by atoms with E-state index in [0.29, 0.717) is 42.2 Å². The monoisotopic (exact) mass is 371 g/mol. The van der Waals surface area contributed by atoms with Crippen LogP contribution in [0.5, 0.6) is 0 Å². The van der Waals surface area contributed by atoms with Crippen LogP contribution < -0.4 is 0 Å². The SMILES string of the molecule is O=C(CCc1nc(-c2ccc(Cl)cc2)no1)N(Cc1ccco1)C1CC1. The van der Waals surface area contributed by atoms with Gasteiger partial charge in [-0.15, -0.1) is 0 Å². The van der Waals surface area contributed by atoms with Crippen molar-refractivity contribution in [2.24, 2.45) is 0 Å². The van der Waals surface area contributed by atoms with E-state index in [1.165, 1.54) is 0 Å².